The molecule has 0 atom stereocenters. The maximum absolute atomic E-state index is 12.5. The van der Waals surface area contributed by atoms with Gasteiger partial charge in [0.25, 0.3) is 10.0 Å². The van der Waals surface area contributed by atoms with Gasteiger partial charge in [-0.2, -0.15) is 0 Å². The number of amides is 1. The molecule has 3 aromatic rings. The van der Waals surface area contributed by atoms with Crippen LogP contribution in [-0.4, -0.2) is 24.3 Å². The smallest absolute Gasteiger partial charge is 0.264 e. The fraction of sp³-hybridized carbons (Fsp3) is 0.190. The topological polar surface area (TPSA) is 101 Å². The largest absolute Gasteiger partial charge is 0.326 e. The molecule has 0 saturated heterocycles. The third kappa shape index (κ3) is 5.39. The number of aromatic nitrogens is 2. The van der Waals surface area contributed by atoms with Crippen molar-refractivity contribution >= 4 is 27.6 Å². The summed E-state index contributed by atoms with van der Waals surface area (Å²) < 4.78 is 27.3. The number of hydrogen-bond donors (Lipinski definition) is 2. The fourth-order valence-corrected chi connectivity index (χ4v) is 3.65. The molecule has 8 heteroatoms. The van der Waals surface area contributed by atoms with E-state index in [0.29, 0.717) is 11.4 Å². The van der Waals surface area contributed by atoms with Crippen LogP contribution in [0.4, 0.5) is 11.6 Å². The van der Waals surface area contributed by atoms with E-state index in [0.717, 1.165) is 11.1 Å². The van der Waals surface area contributed by atoms with E-state index in [4.69, 9.17) is 0 Å². The van der Waals surface area contributed by atoms with Gasteiger partial charge >= 0.3 is 0 Å². The lowest BCUT2D eigenvalue weighted by Gasteiger charge is -2.09. The number of nitrogens with zero attached hydrogens (tertiary/aromatic N) is 2. The molecule has 0 bridgehead atoms. The molecule has 0 saturated carbocycles. The molecule has 0 unspecified atom stereocenters. The molecule has 0 fully saturated rings. The maximum atomic E-state index is 12.5. The molecular weight excluding hydrogens is 388 g/mol. The number of benzene rings is 2. The molecule has 1 amide bonds. The molecule has 3 rings (SSSR count). The lowest BCUT2D eigenvalue weighted by Crippen LogP contribution is -2.16. The lowest BCUT2D eigenvalue weighted by atomic mass is 10.0. The Bertz CT molecular complexity index is 1140. The van der Waals surface area contributed by atoms with Crippen molar-refractivity contribution in [3.8, 4) is 0 Å². The van der Waals surface area contributed by atoms with Gasteiger partial charge in [0, 0.05) is 17.6 Å². The van der Waals surface area contributed by atoms with E-state index < -0.39 is 10.0 Å². The zero-order valence-corrected chi connectivity index (χ0v) is 17.2. The van der Waals surface area contributed by atoms with Gasteiger partial charge in [-0.15, -0.1) is 0 Å². The molecule has 1 heterocycles. The summed E-state index contributed by atoms with van der Waals surface area (Å²) in [6.45, 7) is 5.77. The molecule has 0 aliphatic heterocycles. The molecule has 150 valence electrons. The Morgan fingerprint density at radius 1 is 0.966 bits per heavy atom. The second-order valence-corrected chi connectivity index (χ2v) is 8.48. The monoisotopic (exact) mass is 410 g/mol. The van der Waals surface area contributed by atoms with Gasteiger partial charge in [-0.05, 0) is 67.8 Å². The summed E-state index contributed by atoms with van der Waals surface area (Å²) in [5.41, 5.74) is 4.40. The summed E-state index contributed by atoms with van der Waals surface area (Å²) in [4.78, 5) is 20.3. The molecule has 0 aliphatic carbocycles. The molecular formula is C21H22N4O3S. The lowest BCUT2D eigenvalue weighted by molar-refractivity contribution is -0.115. The SMILES string of the molecule is Cc1ccnc(NS(=O)(=O)c2ccc(NC(=O)Cc3ccc(C)c(C)c3)cc2)n1. The Labute approximate surface area is 170 Å². The van der Waals surface area contributed by atoms with E-state index in [2.05, 4.69) is 20.0 Å². The Morgan fingerprint density at radius 2 is 1.69 bits per heavy atom. The highest BCUT2D eigenvalue weighted by molar-refractivity contribution is 7.92. The third-order valence-corrected chi connectivity index (χ3v) is 5.75. The van der Waals surface area contributed by atoms with Gasteiger partial charge in [-0.1, -0.05) is 18.2 Å². The van der Waals surface area contributed by atoms with Gasteiger partial charge in [0.15, 0.2) is 0 Å². The zero-order valence-electron chi connectivity index (χ0n) is 16.4. The summed E-state index contributed by atoms with van der Waals surface area (Å²) in [7, 11) is -3.82. The number of rotatable bonds is 6. The number of anilines is 2. The summed E-state index contributed by atoms with van der Waals surface area (Å²) in [6.07, 6.45) is 1.72. The molecule has 2 aromatic carbocycles. The first-order valence-corrected chi connectivity index (χ1v) is 10.5. The van der Waals surface area contributed by atoms with Gasteiger partial charge < -0.3 is 5.32 Å². The first-order chi connectivity index (χ1) is 13.7. The van der Waals surface area contributed by atoms with E-state index in [1.54, 1.807) is 25.1 Å². The second kappa shape index (κ2) is 8.40. The fourth-order valence-electron chi connectivity index (χ4n) is 2.70. The minimum absolute atomic E-state index is 0.00997. The van der Waals surface area contributed by atoms with Crippen molar-refractivity contribution in [3.63, 3.8) is 0 Å². The third-order valence-electron chi connectivity index (χ3n) is 4.40. The highest BCUT2D eigenvalue weighted by atomic mass is 32.2. The molecule has 7 nitrogen and oxygen atoms in total. The Morgan fingerprint density at radius 3 is 2.34 bits per heavy atom. The van der Waals surface area contributed by atoms with Crippen molar-refractivity contribution in [1.82, 2.24) is 9.97 Å². The van der Waals surface area contributed by atoms with Crippen LogP contribution in [0.1, 0.15) is 22.4 Å². The minimum atomic E-state index is -3.82. The van der Waals surface area contributed by atoms with Gasteiger partial charge in [-0.3, -0.25) is 4.79 Å². The Kier molecular flexibility index (Phi) is 5.93. The van der Waals surface area contributed by atoms with E-state index in [-0.39, 0.29) is 23.2 Å². The van der Waals surface area contributed by atoms with Gasteiger partial charge in [0.1, 0.15) is 0 Å². The molecule has 0 aliphatic rings. The number of sulfonamides is 1. The highest BCUT2D eigenvalue weighted by Gasteiger charge is 2.16. The Hall–Kier alpha value is -3.26. The van der Waals surface area contributed by atoms with Gasteiger partial charge in [-0.25, -0.2) is 23.1 Å². The summed E-state index contributed by atoms with van der Waals surface area (Å²) in [6, 6.07) is 13.5. The standard InChI is InChI=1S/C21H22N4O3S/c1-14-4-5-17(12-15(14)2)13-20(26)24-18-6-8-19(9-7-18)29(27,28)25-21-22-11-10-16(3)23-21/h4-12H,13H2,1-3H3,(H,24,26)(H,22,23,25). The van der Waals surface area contributed by atoms with Crippen LogP contribution in [-0.2, 0) is 21.2 Å². The van der Waals surface area contributed by atoms with Crippen LogP contribution in [0.5, 0.6) is 0 Å². The number of carbonyl (C=O) groups excluding carboxylic acids is 1. The molecule has 29 heavy (non-hydrogen) atoms. The van der Waals surface area contributed by atoms with Crippen LogP contribution >= 0.6 is 0 Å². The predicted octanol–water partition coefficient (Wildman–Crippen LogP) is 3.38. The Balaban J connectivity index is 1.66. The molecule has 1 aromatic heterocycles. The molecule has 0 spiro atoms. The second-order valence-electron chi connectivity index (χ2n) is 6.80. The highest BCUT2D eigenvalue weighted by Crippen LogP contribution is 2.17. The summed E-state index contributed by atoms with van der Waals surface area (Å²) in [5.74, 6) is -0.161. The number of nitrogens with one attached hydrogen (secondary N) is 2. The average molecular weight is 410 g/mol. The van der Waals surface area contributed by atoms with Gasteiger partial charge in [0.2, 0.25) is 11.9 Å². The van der Waals surface area contributed by atoms with Crippen LogP contribution in [0.3, 0.4) is 0 Å². The summed E-state index contributed by atoms with van der Waals surface area (Å²) >= 11 is 0. The number of aryl methyl sites for hydroxylation is 3. The van der Waals surface area contributed by atoms with Crippen molar-refractivity contribution in [2.45, 2.75) is 32.1 Å². The van der Waals surface area contributed by atoms with Crippen molar-refractivity contribution in [1.29, 1.82) is 0 Å². The van der Waals surface area contributed by atoms with Crippen LogP contribution < -0.4 is 10.0 Å². The minimum Gasteiger partial charge on any atom is -0.326 e. The van der Waals surface area contributed by atoms with E-state index in [9.17, 15) is 13.2 Å². The van der Waals surface area contributed by atoms with E-state index >= 15 is 0 Å². The first-order valence-electron chi connectivity index (χ1n) is 9.01. The normalized spacial score (nSPS) is 11.1. The number of carbonyl (C=O) groups is 1. The number of hydrogen-bond acceptors (Lipinski definition) is 5. The molecule has 2 N–H and O–H groups in total. The summed E-state index contributed by atoms with van der Waals surface area (Å²) in [5, 5.41) is 2.78. The van der Waals surface area contributed by atoms with Crippen LogP contribution in [0, 0.1) is 20.8 Å². The van der Waals surface area contributed by atoms with Crippen molar-refractivity contribution in [2.24, 2.45) is 0 Å². The van der Waals surface area contributed by atoms with Crippen molar-refractivity contribution in [3.05, 3.63) is 77.1 Å². The quantitative estimate of drug-likeness (QED) is 0.649. The zero-order chi connectivity index (χ0) is 21.0. The van der Waals surface area contributed by atoms with Crippen LogP contribution in [0.15, 0.2) is 59.6 Å². The van der Waals surface area contributed by atoms with Crippen LogP contribution in [0.25, 0.3) is 0 Å². The van der Waals surface area contributed by atoms with E-state index in [1.807, 2.05) is 32.0 Å². The van der Waals surface area contributed by atoms with Gasteiger partial charge in [0.05, 0.1) is 11.3 Å². The maximum Gasteiger partial charge on any atom is 0.264 e. The molecule has 0 radical (unpaired) electrons. The van der Waals surface area contributed by atoms with Crippen molar-refractivity contribution < 1.29 is 13.2 Å². The van der Waals surface area contributed by atoms with Crippen LogP contribution in [0.2, 0.25) is 0 Å². The average Bonchev–Trinajstić information content (AvgIpc) is 2.65. The van der Waals surface area contributed by atoms with E-state index in [1.165, 1.54) is 23.9 Å². The first kappa shape index (κ1) is 20.5. The van der Waals surface area contributed by atoms with Crippen molar-refractivity contribution in [2.75, 3.05) is 10.0 Å². The predicted molar refractivity (Wildman–Crippen MR) is 112 cm³/mol.